The zero-order valence-corrected chi connectivity index (χ0v) is 33.6. The lowest BCUT2D eigenvalue weighted by molar-refractivity contribution is -0.119. The van der Waals surface area contributed by atoms with Crippen LogP contribution >= 0.6 is 0 Å². The molecule has 1 unspecified atom stereocenters. The third-order valence-electron chi connectivity index (χ3n) is 10.3. The van der Waals surface area contributed by atoms with Crippen molar-refractivity contribution in [3.05, 3.63) is 172 Å². The highest BCUT2D eigenvalue weighted by molar-refractivity contribution is 6.09. The van der Waals surface area contributed by atoms with Gasteiger partial charge in [0.2, 0.25) is 5.91 Å². The average molecular weight is 829 g/mol. The molecule has 13 heteroatoms. The lowest BCUT2D eigenvalue weighted by Crippen LogP contribution is -2.25. The quantitative estimate of drug-likeness (QED) is 0.0540. The minimum absolute atomic E-state index is 0.0718. The van der Waals surface area contributed by atoms with E-state index in [1.807, 2.05) is 48.5 Å². The van der Waals surface area contributed by atoms with Crippen molar-refractivity contribution in [1.29, 1.82) is 5.26 Å². The topological polar surface area (TPSA) is 223 Å². The monoisotopic (exact) mass is 828 g/mol. The number of amides is 3. The Morgan fingerprint density at radius 1 is 0.581 bits per heavy atom. The summed E-state index contributed by atoms with van der Waals surface area (Å²) in [4.78, 5) is 76.9. The maximum atomic E-state index is 13.2. The van der Waals surface area contributed by atoms with E-state index < -0.39 is 41.1 Å². The SMILES string of the molecule is Cc1c(NC(=O)c2ccc(NC(=O)c3ccc(NC(=O)C(CC#N)CC(=O)c4ccc(CC(=O)c5ccc(-c6ccccc6)cc5)cc4)cc3)c(C)c2O)ccc(C(=O)O)c1O. The highest BCUT2D eigenvalue weighted by Gasteiger charge is 2.24. The summed E-state index contributed by atoms with van der Waals surface area (Å²) < 4.78 is 0. The molecular formula is C49H40N4O9. The number of carbonyl (C=O) groups excluding carboxylic acids is 5. The Labute approximate surface area is 356 Å². The second kappa shape index (κ2) is 19.1. The first kappa shape index (κ1) is 43.2. The van der Waals surface area contributed by atoms with E-state index in [2.05, 4.69) is 16.0 Å². The molecule has 6 aromatic carbocycles. The van der Waals surface area contributed by atoms with Crippen LogP contribution in [-0.4, -0.2) is 50.6 Å². The molecule has 62 heavy (non-hydrogen) atoms. The summed E-state index contributed by atoms with van der Waals surface area (Å²) in [7, 11) is 0. The van der Waals surface area contributed by atoms with Gasteiger partial charge in [-0.05, 0) is 79.1 Å². The summed E-state index contributed by atoms with van der Waals surface area (Å²) in [6, 6.07) is 36.8. The van der Waals surface area contributed by atoms with E-state index in [-0.39, 0.29) is 70.0 Å². The maximum absolute atomic E-state index is 13.2. The molecule has 1 atom stereocenters. The molecule has 13 nitrogen and oxygen atoms in total. The van der Waals surface area contributed by atoms with Gasteiger partial charge in [0, 0.05) is 64.1 Å². The number of nitriles is 1. The van der Waals surface area contributed by atoms with Crippen LogP contribution in [0.5, 0.6) is 11.5 Å². The normalized spacial score (nSPS) is 11.1. The average Bonchev–Trinajstić information content (AvgIpc) is 3.27. The van der Waals surface area contributed by atoms with Crippen LogP contribution in [0.2, 0.25) is 0 Å². The number of aromatic carboxylic acids is 1. The summed E-state index contributed by atoms with van der Waals surface area (Å²) in [6.07, 6.45) is -0.314. The first-order valence-corrected chi connectivity index (χ1v) is 19.3. The van der Waals surface area contributed by atoms with E-state index in [4.69, 9.17) is 0 Å². The molecule has 3 amide bonds. The molecule has 0 radical (unpaired) electrons. The number of phenolic OH excluding ortho intramolecular Hbond substituents is 1. The Bertz CT molecular complexity index is 2740. The number of phenols is 2. The van der Waals surface area contributed by atoms with E-state index in [0.29, 0.717) is 16.8 Å². The van der Waals surface area contributed by atoms with Gasteiger partial charge in [-0.2, -0.15) is 5.26 Å². The summed E-state index contributed by atoms with van der Waals surface area (Å²) in [6.45, 7) is 2.92. The number of aromatic hydroxyl groups is 2. The fourth-order valence-corrected chi connectivity index (χ4v) is 6.64. The third-order valence-corrected chi connectivity index (χ3v) is 10.3. The predicted octanol–water partition coefficient (Wildman–Crippen LogP) is 8.75. The summed E-state index contributed by atoms with van der Waals surface area (Å²) >= 11 is 0. The number of carboxylic acid groups (broad SMARTS) is 1. The zero-order chi connectivity index (χ0) is 44.5. The van der Waals surface area contributed by atoms with E-state index in [9.17, 15) is 49.3 Å². The minimum atomic E-state index is -1.34. The molecule has 310 valence electrons. The van der Waals surface area contributed by atoms with Gasteiger partial charge in [-0.1, -0.05) is 78.9 Å². The van der Waals surface area contributed by atoms with Gasteiger partial charge in [0.25, 0.3) is 11.8 Å². The van der Waals surface area contributed by atoms with Crippen molar-refractivity contribution in [1.82, 2.24) is 0 Å². The van der Waals surface area contributed by atoms with Gasteiger partial charge in [0.05, 0.1) is 17.6 Å². The van der Waals surface area contributed by atoms with Crippen LogP contribution in [0.15, 0.2) is 127 Å². The van der Waals surface area contributed by atoms with E-state index in [1.165, 1.54) is 56.3 Å². The zero-order valence-electron chi connectivity index (χ0n) is 33.6. The lowest BCUT2D eigenvalue weighted by atomic mass is 9.93. The Hall–Kier alpha value is -8.37. The molecule has 0 saturated carbocycles. The number of Topliss-reactive ketones (excluding diaryl/α,β-unsaturated/α-hetero) is 2. The molecule has 0 fully saturated rings. The Morgan fingerprint density at radius 3 is 1.69 bits per heavy atom. The molecule has 0 heterocycles. The number of benzene rings is 6. The van der Waals surface area contributed by atoms with E-state index in [0.717, 1.165) is 22.8 Å². The number of rotatable bonds is 15. The first-order valence-electron chi connectivity index (χ1n) is 19.3. The molecule has 6 aromatic rings. The van der Waals surface area contributed by atoms with Crippen LogP contribution in [0.4, 0.5) is 17.1 Å². The number of nitrogens with one attached hydrogen (secondary N) is 3. The number of ketones is 2. The number of carbonyl (C=O) groups is 6. The fraction of sp³-hybridized carbons (Fsp3) is 0.122. The Kier molecular flexibility index (Phi) is 13.3. The predicted molar refractivity (Wildman–Crippen MR) is 233 cm³/mol. The number of hydrogen-bond acceptors (Lipinski definition) is 9. The van der Waals surface area contributed by atoms with Gasteiger partial charge >= 0.3 is 5.97 Å². The van der Waals surface area contributed by atoms with Crippen LogP contribution in [0.3, 0.4) is 0 Å². The standard InChI is InChI=1S/C49H40N4O9/c1-28-40(22-20-38(44(28)56)48(60)53-41-23-21-39(49(61)62)45(57)29(41)2)52-46(58)35-16-18-37(19-17-35)51-47(59)36(24-25-50)27-43(55)33-10-8-30(9-11-33)26-42(54)34-14-12-32(13-15-34)31-6-4-3-5-7-31/h3-23,36,56-57H,24,26-27H2,1-2H3,(H,51,59)(H,52,58)(H,53,60)(H,61,62). The molecule has 0 saturated heterocycles. The van der Waals surface area contributed by atoms with E-state index >= 15 is 0 Å². The van der Waals surface area contributed by atoms with Gasteiger partial charge in [-0.25, -0.2) is 4.79 Å². The van der Waals surface area contributed by atoms with E-state index in [1.54, 1.807) is 36.4 Å². The van der Waals surface area contributed by atoms with Gasteiger partial charge in [-0.3, -0.25) is 24.0 Å². The number of anilines is 3. The van der Waals surface area contributed by atoms with Crippen molar-refractivity contribution >= 4 is 52.3 Å². The van der Waals surface area contributed by atoms with Crippen molar-refractivity contribution in [2.75, 3.05) is 16.0 Å². The van der Waals surface area contributed by atoms with Crippen molar-refractivity contribution in [3.63, 3.8) is 0 Å². The summed E-state index contributed by atoms with van der Waals surface area (Å²) in [5.41, 5.74) is 4.36. The van der Waals surface area contributed by atoms with Crippen LogP contribution < -0.4 is 16.0 Å². The number of hydrogen-bond donors (Lipinski definition) is 6. The van der Waals surface area contributed by atoms with Crippen LogP contribution in [0.1, 0.15) is 81.3 Å². The summed E-state index contributed by atoms with van der Waals surface area (Å²) in [5.74, 6) is -5.51. The van der Waals surface area contributed by atoms with Crippen LogP contribution in [0.25, 0.3) is 11.1 Å². The Morgan fingerprint density at radius 2 is 1.10 bits per heavy atom. The van der Waals surface area contributed by atoms with Gasteiger partial charge < -0.3 is 31.3 Å². The molecule has 0 spiro atoms. The minimum Gasteiger partial charge on any atom is -0.507 e. The van der Waals surface area contributed by atoms with Crippen molar-refractivity contribution in [2.24, 2.45) is 5.92 Å². The second-order valence-electron chi connectivity index (χ2n) is 14.5. The highest BCUT2D eigenvalue weighted by atomic mass is 16.4. The largest absolute Gasteiger partial charge is 0.507 e. The molecule has 6 N–H and O–H groups in total. The van der Waals surface area contributed by atoms with Crippen molar-refractivity contribution in [3.8, 4) is 28.7 Å². The second-order valence-corrected chi connectivity index (χ2v) is 14.5. The molecule has 0 bridgehead atoms. The van der Waals surface area contributed by atoms with Gasteiger partial charge in [-0.15, -0.1) is 0 Å². The lowest BCUT2D eigenvalue weighted by Gasteiger charge is -2.15. The number of nitrogens with zero attached hydrogens (tertiary/aromatic N) is 1. The van der Waals surface area contributed by atoms with Crippen molar-refractivity contribution < 1.29 is 44.1 Å². The molecule has 0 aliphatic heterocycles. The smallest absolute Gasteiger partial charge is 0.339 e. The fourth-order valence-electron chi connectivity index (χ4n) is 6.64. The van der Waals surface area contributed by atoms with Crippen LogP contribution in [-0.2, 0) is 11.2 Å². The molecule has 6 rings (SSSR count). The van der Waals surface area contributed by atoms with Gasteiger partial charge in [0.1, 0.15) is 17.1 Å². The Balaban J connectivity index is 1.02. The third kappa shape index (κ3) is 10.1. The molecule has 0 aliphatic rings. The first-order chi connectivity index (χ1) is 29.7. The molecule has 0 aliphatic carbocycles. The summed E-state index contributed by atoms with van der Waals surface area (Å²) in [5, 5.41) is 47.6. The molecular weight excluding hydrogens is 789 g/mol. The van der Waals surface area contributed by atoms with Crippen molar-refractivity contribution in [2.45, 2.75) is 33.1 Å². The number of carboxylic acids is 1. The maximum Gasteiger partial charge on any atom is 0.339 e. The van der Waals surface area contributed by atoms with Crippen LogP contribution in [0, 0.1) is 31.1 Å². The molecule has 0 aromatic heterocycles. The highest BCUT2D eigenvalue weighted by Crippen LogP contribution is 2.33. The van der Waals surface area contributed by atoms with Gasteiger partial charge in [0.15, 0.2) is 11.6 Å².